The van der Waals surface area contributed by atoms with Crippen molar-refractivity contribution in [2.24, 2.45) is 0 Å². The molecule has 2 atom stereocenters. The van der Waals surface area contributed by atoms with E-state index in [9.17, 15) is 9.59 Å². The van der Waals surface area contributed by atoms with Crippen molar-refractivity contribution in [1.29, 1.82) is 0 Å². The van der Waals surface area contributed by atoms with Gasteiger partial charge in [0.05, 0.1) is 17.6 Å². The van der Waals surface area contributed by atoms with E-state index in [4.69, 9.17) is 4.42 Å². The van der Waals surface area contributed by atoms with Gasteiger partial charge in [-0.15, -0.1) is 0 Å². The molecule has 2 aromatic carbocycles. The number of carbonyl (C=O) groups excluding carboxylic acids is 2. The molecule has 6 nitrogen and oxygen atoms in total. The molecule has 2 heterocycles. The minimum Gasteiger partial charge on any atom is -0.467 e. The first-order chi connectivity index (χ1) is 19.0. The number of furan rings is 1. The molecular weight excluding hydrogens is 486 g/mol. The van der Waals surface area contributed by atoms with Crippen molar-refractivity contribution in [2.75, 3.05) is 28.2 Å². The second-order valence-electron chi connectivity index (χ2n) is 10.5. The highest BCUT2D eigenvalue weighted by atomic mass is 16.3. The molecule has 1 amide bonds. The van der Waals surface area contributed by atoms with Crippen LogP contribution in [0.5, 0.6) is 0 Å². The molecule has 1 aromatic heterocycles. The largest absolute Gasteiger partial charge is 0.467 e. The number of anilines is 3. The van der Waals surface area contributed by atoms with Gasteiger partial charge in [0.15, 0.2) is 5.78 Å². The number of allylic oxidation sites excluding steroid dienone is 1. The van der Waals surface area contributed by atoms with Crippen molar-refractivity contribution >= 4 is 28.8 Å². The first-order valence-corrected chi connectivity index (χ1v) is 14.4. The zero-order chi connectivity index (χ0) is 27.4. The van der Waals surface area contributed by atoms with Gasteiger partial charge in [-0.3, -0.25) is 14.5 Å². The molecule has 0 radical (unpaired) electrons. The Labute approximate surface area is 231 Å². The SMILES string of the molecule is CCCCCC(=O)N1c2ccccc2NC2=C(C(=O)CC(c3ccc(N(CC)CC)cc3)C2)C1c1ccco1. The summed E-state index contributed by atoms with van der Waals surface area (Å²) in [4.78, 5) is 32.0. The molecule has 2 unspecified atom stereocenters. The number of carbonyl (C=O) groups is 2. The van der Waals surface area contributed by atoms with Crippen LogP contribution in [0.25, 0.3) is 0 Å². The Morgan fingerprint density at radius 2 is 1.74 bits per heavy atom. The zero-order valence-corrected chi connectivity index (χ0v) is 23.3. The number of amides is 1. The highest BCUT2D eigenvalue weighted by molar-refractivity contribution is 6.06. The van der Waals surface area contributed by atoms with Gasteiger partial charge in [0.2, 0.25) is 5.91 Å². The number of ketones is 1. The van der Waals surface area contributed by atoms with Gasteiger partial charge in [0.1, 0.15) is 11.8 Å². The highest BCUT2D eigenvalue weighted by Gasteiger charge is 2.42. The third-order valence-electron chi connectivity index (χ3n) is 8.06. The van der Waals surface area contributed by atoms with Crippen LogP contribution in [0.2, 0.25) is 0 Å². The van der Waals surface area contributed by atoms with Crippen LogP contribution in [-0.2, 0) is 9.59 Å². The summed E-state index contributed by atoms with van der Waals surface area (Å²) in [5.41, 5.74) is 5.49. The van der Waals surface area contributed by atoms with Crippen molar-refractivity contribution in [3.8, 4) is 0 Å². The van der Waals surface area contributed by atoms with Crippen LogP contribution >= 0.6 is 0 Å². The predicted molar refractivity (Wildman–Crippen MR) is 157 cm³/mol. The summed E-state index contributed by atoms with van der Waals surface area (Å²) in [5, 5.41) is 3.60. The number of nitrogens with zero attached hydrogens (tertiary/aromatic N) is 2. The number of hydrogen-bond donors (Lipinski definition) is 1. The molecule has 39 heavy (non-hydrogen) atoms. The van der Waals surface area contributed by atoms with Crippen LogP contribution in [0, 0.1) is 0 Å². The molecule has 204 valence electrons. The van der Waals surface area contributed by atoms with E-state index in [0.717, 1.165) is 55.0 Å². The van der Waals surface area contributed by atoms with Crippen LogP contribution in [0.3, 0.4) is 0 Å². The third kappa shape index (κ3) is 5.38. The van der Waals surface area contributed by atoms with E-state index < -0.39 is 6.04 Å². The van der Waals surface area contributed by atoms with Crippen molar-refractivity contribution < 1.29 is 14.0 Å². The average molecular weight is 526 g/mol. The Kier molecular flexibility index (Phi) is 8.20. The zero-order valence-electron chi connectivity index (χ0n) is 23.3. The maximum atomic E-state index is 14.0. The molecule has 3 aromatic rings. The average Bonchev–Trinajstić information content (AvgIpc) is 3.43. The molecule has 0 saturated carbocycles. The molecule has 2 aliphatic rings. The fraction of sp³-hybridized carbons (Fsp3) is 0.394. The fourth-order valence-corrected chi connectivity index (χ4v) is 6.01. The molecule has 0 saturated heterocycles. The summed E-state index contributed by atoms with van der Waals surface area (Å²) in [5.74, 6) is 0.739. The lowest BCUT2D eigenvalue weighted by Crippen LogP contribution is -2.38. The van der Waals surface area contributed by atoms with E-state index in [1.165, 1.54) is 5.69 Å². The van der Waals surface area contributed by atoms with Gasteiger partial charge in [0, 0.05) is 42.9 Å². The summed E-state index contributed by atoms with van der Waals surface area (Å²) in [6.07, 6.45) is 5.98. The smallest absolute Gasteiger partial charge is 0.228 e. The summed E-state index contributed by atoms with van der Waals surface area (Å²) >= 11 is 0. The molecule has 0 spiro atoms. The van der Waals surface area contributed by atoms with E-state index in [-0.39, 0.29) is 17.6 Å². The Balaban J connectivity index is 1.55. The molecule has 5 rings (SSSR count). The first kappa shape index (κ1) is 26.8. The van der Waals surface area contributed by atoms with E-state index >= 15 is 0 Å². The van der Waals surface area contributed by atoms with Gasteiger partial charge in [-0.2, -0.15) is 0 Å². The quantitative estimate of drug-likeness (QED) is 0.291. The van der Waals surface area contributed by atoms with E-state index in [1.54, 1.807) is 11.2 Å². The predicted octanol–water partition coefficient (Wildman–Crippen LogP) is 7.61. The maximum absolute atomic E-state index is 14.0. The lowest BCUT2D eigenvalue weighted by Gasteiger charge is -2.34. The molecule has 6 heteroatoms. The van der Waals surface area contributed by atoms with E-state index in [1.807, 2.05) is 36.4 Å². The lowest BCUT2D eigenvalue weighted by molar-refractivity contribution is -0.119. The topological polar surface area (TPSA) is 65.8 Å². The molecule has 1 aliphatic heterocycles. The molecule has 1 N–H and O–H groups in total. The second-order valence-corrected chi connectivity index (χ2v) is 10.5. The minimum atomic E-state index is -0.598. The van der Waals surface area contributed by atoms with E-state index in [0.29, 0.717) is 30.6 Å². The normalized spacial score (nSPS) is 18.7. The monoisotopic (exact) mass is 525 g/mol. The molecule has 0 bridgehead atoms. The number of Topliss-reactive ketones (excluding diaryl/α,β-unsaturated/α-hetero) is 1. The molecule has 1 aliphatic carbocycles. The first-order valence-electron chi connectivity index (χ1n) is 14.4. The van der Waals surface area contributed by atoms with E-state index in [2.05, 4.69) is 55.3 Å². The van der Waals surface area contributed by atoms with Crippen LogP contribution in [0.15, 0.2) is 82.6 Å². The van der Waals surface area contributed by atoms with Gasteiger partial charge in [-0.25, -0.2) is 0 Å². The third-order valence-corrected chi connectivity index (χ3v) is 8.06. The number of nitrogens with one attached hydrogen (secondary N) is 1. The number of rotatable bonds is 9. The Bertz CT molecular complexity index is 1320. The van der Waals surface area contributed by atoms with Crippen molar-refractivity contribution in [3.63, 3.8) is 0 Å². The Morgan fingerprint density at radius 1 is 0.974 bits per heavy atom. The number of benzene rings is 2. The molecule has 0 fully saturated rings. The highest BCUT2D eigenvalue weighted by Crippen LogP contribution is 2.47. The van der Waals surface area contributed by atoms with Crippen LogP contribution in [0.4, 0.5) is 17.1 Å². The van der Waals surface area contributed by atoms with Gasteiger partial charge < -0.3 is 14.6 Å². The number of para-hydroxylation sites is 2. The summed E-state index contributed by atoms with van der Waals surface area (Å²) in [6, 6.07) is 19.6. The second kappa shape index (κ2) is 11.9. The lowest BCUT2D eigenvalue weighted by atomic mass is 9.79. The Hall–Kier alpha value is -3.80. The van der Waals surface area contributed by atoms with Crippen LogP contribution in [0.1, 0.15) is 82.6 Å². The number of unbranched alkanes of at least 4 members (excludes halogenated alkanes) is 2. The Morgan fingerprint density at radius 3 is 2.44 bits per heavy atom. The van der Waals surface area contributed by atoms with Crippen molar-refractivity contribution in [1.82, 2.24) is 0 Å². The van der Waals surface area contributed by atoms with Crippen LogP contribution < -0.4 is 15.1 Å². The number of fused-ring (bicyclic) bond motifs is 1. The number of hydrogen-bond acceptors (Lipinski definition) is 5. The summed E-state index contributed by atoms with van der Waals surface area (Å²) in [7, 11) is 0. The standard InChI is InChI=1S/C33H39N3O3/c1-4-7-8-15-31(38)36-28-13-10-9-12-26(28)34-27-21-24(23-16-18-25(19-17-23)35(5-2)6-3)22-29(37)32(27)33(36)30-14-11-20-39-30/h9-14,16-20,24,33-34H,4-8,15,21-22H2,1-3H3. The fourth-order valence-electron chi connectivity index (χ4n) is 6.01. The van der Waals surface area contributed by atoms with Crippen molar-refractivity contribution in [3.05, 3.63) is 89.5 Å². The minimum absolute atomic E-state index is 0.00904. The molecular formula is C33H39N3O3. The van der Waals surface area contributed by atoms with Crippen LogP contribution in [-0.4, -0.2) is 24.8 Å². The summed E-state index contributed by atoms with van der Waals surface area (Å²) in [6.45, 7) is 8.37. The van der Waals surface area contributed by atoms with Gasteiger partial charge in [0.25, 0.3) is 0 Å². The van der Waals surface area contributed by atoms with Gasteiger partial charge >= 0.3 is 0 Å². The van der Waals surface area contributed by atoms with Gasteiger partial charge in [-0.05, 0) is 74.6 Å². The summed E-state index contributed by atoms with van der Waals surface area (Å²) < 4.78 is 5.90. The van der Waals surface area contributed by atoms with Gasteiger partial charge in [-0.1, -0.05) is 44.0 Å². The maximum Gasteiger partial charge on any atom is 0.228 e. The van der Waals surface area contributed by atoms with Crippen molar-refractivity contribution in [2.45, 2.75) is 71.3 Å².